The number of hydrogen-bond acceptors (Lipinski definition) is 3. The molecule has 4 nitrogen and oxygen atoms in total. The Bertz CT molecular complexity index is 740. The molecule has 2 heterocycles. The molecule has 4 rings (SSSR count). The SMILES string of the molecule is CC1CCCC(C)N1C(=O)c1noc2c1CCc1ccccc1-2. The lowest BCUT2D eigenvalue weighted by molar-refractivity contribution is 0.0499. The average molecular weight is 310 g/mol. The van der Waals surface area contributed by atoms with Gasteiger partial charge in [0.2, 0.25) is 0 Å². The van der Waals surface area contributed by atoms with E-state index >= 15 is 0 Å². The molecule has 120 valence electrons. The number of benzene rings is 1. The average Bonchev–Trinajstić information content (AvgIpc) is 2.99. The van der Waals surface area contributed by atoms with Crippen molar-refractivity contribution >= 4 is 5.91 Å². The summed E-state index contributed by atoms with van der Waals surface area (Å²) < 4.78 is 5.60. The number of carbonyl (C=O) groups excluding carboxylic acids is 1. The molecule has 0 radical (unpaired) electrons. The third-order valence-corrected chi connectivity index (χ3v) is 5.33. The standard InChI is InChI=1S/C19H22N2O2/c1-12-6-5-7-13(2)21(12)19(22)17-16-11-10-14-8-3-4-9-15(14)18(16)23-20-17/h3-4,8-9,12-13H,5-7,10-11H2,1-2H3. The Morgan fingerprint density at radius 1 is 1.17 bits per heavy atom. The summed E-state index contributed by atoms with van der Waals surface area (Å²) in [6.45, 7) is 4.27. The van der Waals surface area contributed by atoms with Gasteiger partial charge in [-0.25, -0.2) is 0 Å². The quantitative estimate of drug-likeness (QED) is 0.804. The molecule has 2 atom stereocenters. The van der Waals surface area contributed by atoms with Crippen LogP contribution in [0.2, 0.25) is 0 Å². The van der Waals surface area contributed by atoms with Crippen LogP contribution in [0.5, 0.6) is 0 Å². The summed E-state index contributed by atoms with van der Waals surface area (Å²) in [5, 5.41) is 4.17. The summed E-state index contributed by atoms with van der Waals surface area (Å²) in [7, 11) is 0. The van der Waals surface area contributed by atoms with Gasteiger partial charge >= 0.3 is 0 Å². The summed E-state index contributed by atoms with van der Waals surface area (Å²) >= 11 is 0. The van der Waals surface area contributed by atoms with Crippen molar-refractivity contribution in [2.24, 2.45) is 0 Å². The van der Waals surface area contributed by atoms with E-state index < -0.39 is 0 Å². The van der Waals surface area contributed by atoms with Gasteiger partial charge in [0.15, 0.2) is 11.5 Å². The maximum Gasteiger partial charge on any atom is 0.276 e. The molecule has 2 unspecified atom stereocenters. The first-order valence-electron chi connectivity index (χ1n) is 8.56. The topological polar surface area (TPSA) is 46.3 Å². The molecule has 2 aromatic rings. The maximum atomic E-state index is 13.1. The Morgan fingerprint density at radius 3 is 2.70 bits per heavy atom. The molecule has 1 aliphatic heterocycles. The fourth-order valence-corrected chi connectivity index (χ4v) is 4.08. The molecule has 2 aliphatic rings. The highest BCUT2D eigenvalue weighted by Gasteiger charge is 2.35. The normalized spacial score (nSPS) is 23.3. The minimum Gasteiger partial charge on any atom is -0.355 e. The lowest BCUT2D eigenvalue weighted by Crippen LogP contribution is -2.47. The lowest BCUT2D eigenvalue weighted by Gasteiger charge is -2.38. The van der Waals surface area contributed by atoms with E-state index in [0.717, 1.165) is 42.6 Å². The van der Waals surface area contributed by atoms with Crippen molar-refractivity contribution < 1.29 is 9.32 Å². The number of aromatic nitrogens is 1. The zero-order valence-corrected chi connectivity index (χ0v) is 13.7. The first-order valence-corrected chi connectivity index (χ1v) is 8.56. The first kappa shape index (κ1) is 14.5. The van der Waals surface area contributed by atoms with Crippen molar-refractivity contribution in [1.29, 1.82) is 0 Å². The first-order chi connectivity index (χ1) is 11.2. The van der Waals surface area contributed by atoms with E-state index in [1.54, 1.807) is 0 Å². The summed E-state index contributed by atoms with van der Waals surface area (Å²) in [4.78, 5) is 15.1. The van der Waals surface area contributed by atoms with Crippen LogP contribution < -0.4 is 0 Å². The highest BCUT2D eigenvalue weighted by molar-refractivity contribution is 5.96. The molecule has 1 amide bonds. The van der Waals surface area contributed by atoms with Gasteiger partial charge in [0.25, 0.3) is 5.91 Å². The predicted octanol–water partition coefficient (Wildman–Crippen LogP) is 3.84. The van der Waals surface area contributed by atoms with Gasteiger partial charge in [-0.2, -0.15) is 0 Å². The van der Waals surface area contributed by atoms with Gasteiger partial charge in [-0.3, -0.25) is 4.79 Å². The highest BCUT2D eigenvalue weighted by Crippen LogP contribution is 2.36. The van der Waals surface area contributed by atoms with Gasteiger partial charge in [0.1, 0.15) is 0 Å². The number of piperidine rings is 1. The zero-order valence-electron chi connectivity index (χ0n) is 13.7. The lowest BCUT2D eigenvalue weighted by atomic mass is 9.89. The van der Waals surface area contributed by atoms with Crippen molar-refractivity contribution in [3.05, 3.63) is 41.1 Å². The van der Waals surface area contributed by atoms with Crippen molar-refractivity contribution in [1.82, 2.24) is 10.1 Å². The van der Waals surface area contributed by atoms with Crippen molar-refractivity contribution in [3.63, 3.8) is 0 Å². The molecule has 0 N–H and O–H groups in total. The number of likely N-dealkylation sites (tertiary alicyclic amines) is 1. The number of rotatable bonds is 1. The molecule has 0 spiro atoms. The molecule has 1 aliphatic carbocycles. The van der Waals surface area contributed by atoms with E-state index in [1.807, 2.05) is 17.0 Å². The summed E-state index contributed by atoms with van der Waals surface area (Å²) in [6.07, 6.45) is 5.09. The predicted molar refractivity (Wildman–Crippen MR) is 88.3 cm³/mol. The summed E-state index contributed by atoms with van der Waals surface area (Å²) in [5.41, 5.74) is 3.86. The Morgan fingerprint density at radius 2 is 1.91 bits per heavy atom. The molecular weight excluding hydrogens is 288 g/mol. The molecule has 0 saturated carbocycles. The van der Waals surface area contributed by atoms with Crippen LogP contribution in [0.1, 0.15) is 54.7 Å². The van der Waals surface area contributed by atoms with Gasteiger partial charge in [0.05, 0.1) is 0 Å². The monoisotopic (exact) mass is 310 g/mol. The molecular formula is C19H22N2O2. The van der Waals surface area contributed by atoms with Crippen LogP contribution in [0.4, 0.5) is 0 Å². The molecule has 1 aromatic carbocycles. The number of nitrogens with zero attached hydrogens (tertiary/aromatic N) is 2. The molecule has 1 fully saturated rings. The fourth-order valence-electron chi connectivity index (χ4n) is 4.08. The highest BCUT2D eigenvalue weighted by atomic mass is 16.5. The Labute approximate surface area is 136 Å². The number of hydrogen-bond donors (Lipinski definition) is 0. The molecule has 23 heavy (non-hydrogen) atoms. The largest absolute Gasteiger partial charge is 0.355 e. The van der Waals surface area contributed by atoms with E-state index in [1.165, 1.54) is 12.0 Å². The van der Waals surface area contributed by atoms with Crippen LogP contribution in [0, 0.1) is 0 Å². The number of carbonyl (C=O) groups is 1. The van der Waals surface area contributed by atoms with E-state index in [9.17, 15) is 4.79 Å². The van der Waals surface area contributed by atoms with Crippen LogP contribution >= 0.6 is 0 Å². The van der Waals surface area contributed by atoms with Crippen LogP contribution in [-0.2, 0) is 12.8 Å². The Hall–Kier alpha value is -2.10. The van der Waals surface area contributed by atoms with Gasteiger partial charge in [-0.05, 0) is 51.5 Å². The van der Waals surface area contributed by atoms with Crippen molar-refractivity contribution in [2.45, 2.75) is 58.0 Å². The maximum absolute atomic E-state index is 13.1. The van der Waals surface area contributed by atoms with Gasteiger partial charge < -0.3 is 9.42 Å². The Balaban J connectivity index is 1.72. The second kappa shape index (κ2) is 5.52. The van der Waals surface area contributed by atoms with Crippen LogP contribution in [-0.4, -0.2) is 28.0 Å². The van der Waals surface area contributed by atoms with Gasteiger partial charge in [0, 0.05) is 23.2 Å². The molecule has 1 aromatic heterocycles. The van der Waals surface area contributed by atoms with Crippen molar-refractivity contribution in [2.75, 3.05) is 0 Å². The van der Waals surface area contributed by atoms with E-state index in [4.69, 9.17) is 4.52 Å². The molecule has 1 saturated heterocycles. The number of aryl methyl sites for hydroxylation is 1. The third-order valence-electron chi connectivity index (χ3n) is 5.33. The molecule has 0 bridgehead atoms. The second-order valence-electron chi connectivity index (χ2n) is 6.84. The van der Waals surface area contributed by atoms with E-state index in [2.05, 4.69) is 31.1 Å². The number of fused-ring (bicyclic) bond motifs is 3. The van der Waals surface area contributed by atoms with E-state index in [0.29, 0.717) is 5.69 Å². The van der Waals surface area contributed by atoms with Crippen molar-refractivity contribution in [3.8, 4) is 11.3 Å². The van der Waals surface area contributed by atoms with E-state index in [-0.39, 0.29) is 18.0 Å². The Kier molecular flexibility index (Phi) is 3.47. The second-order valence-corrected chi connectivity index (χ2v) is 6.84. The third kappa shape index (κ3) is 2.28. The summed E-state index contributed by atoms with van der Waals surface area (Å²) in [6, 6.07) is 8.77. The minimum atomic E-state index is 0.0362. The van der Waals surface area contributed by atoms with Gasteiger partial charge in [-0.1, -0.05) is 29.4 Å². The van der Waals surface area contributed by atoms with Crippen LogP contribution in [0.15, 0.2) is 28.8 Å². The minimum absolute atomic E-state index is 0.0362. The van der Waals surface area contributed by atoms with Gasteiger partial charge in [-0.15, -0.1) is 0 Å². The molecule has 4 heteroatoms. The van der Waals surface area contributed by atoms with Crippen LogP contribution in [0.3, 0.4) is 0 Å². The zero-order chi connectivity index (χ0) is 16.0. The van der Waals surface area contributed by atoms with Crippen LogP contribution in [0.25, 0.3) is 11.3 Å². The number of amides is 1. The fraction of sp³-hybridized carbons (Fsp3) is 0.474. The summed E-state index contributed by atoms with van der Waals surface area (Å²) in [5.74, 6) is 0.821. The smallest absolute Gasteiger partial charge is 0.276 e.